The standard InChI is InChI=1S/C23H22Br2O4Si/c1-30(2,3)11-7-10-23(16-8-5-4-6-9-16)13-15-12-17(29-14-18(26)27)20(24)21(25)19(15)22(23)28/h4-6,8-9,12H,10,13-14H2,1-3H3,(H,26,27)/p-1. The third-order valence-corrected chi connectivity index (χ3v) is 7.97. The van der Waals surface area contributed by atoms with Crippen molar-refractivity contribution in [2.24, 2.45) is 0 Å². The van der Waals surface area contributed by atoms with Crippen LogP contribution >= 0.6 is 31.9 Å². The molecule has 2 aromatic rings. The van der Waals surface area contributed by atoms with E-state index in [2.05, 4.69) is 63.0 Å². The minimum absolute atomic E-state index is 0.00704. The SMILES string of the molecule is C[Si](C)(C)C#CCC1(c2ccccc2)Cc2cc(OCC(=O)[O-])c(Br)c(Br)c2C1=O. The summed E-state index contributed by atoms with van der Waals surface area (Å²) in [6.07, 6.45) is 0.896. The molecule has 1 atom stereocenters. The predicted octanol–water partition coefficient (Wildman–Crippen LogP) is 4.29. The van der Waals surface area contributed by atoms with Gasteiger partial charge in [-0.05, 0) is 55.5 Å². The molecule has 0 amide bonds. The van der Waals surface area contributed by atoms with E-state index < -0.39 is 26.1 Å². The van der Waals surface area contributed by atoms with Gasteiger partial charge in [0.15, 0.2) is 5.78 Å². The zero-order valence-corrected chi connectivity index (χ0v) is 21.1. The molecule has 0 bridgehead atoms. The van der Waals surface area contributed by atoms with Crippen molar-refractivity contribution >= 4 is 51.7 Å². The second-order valence-corrected chi connectivity index (χ2v) is 14.7. The van der Waals surface area contributed by atoms with Gasteiger partial charge in [-0.3, -0.25) is 4.79 Å². The lowest BCUT2D eigenvalue weighted by Gasteiger charge is -2.26. The Balaban J connectivity index is 2.11. The van der Waals surface area contributed by atoms with Gasteiger partial charge in [-0.2, -0.15) is 0 Å². The number of carboxylic acids is 1. The number of hydrogen-bond donors (Lipinski definition) is 0. The van der Waals surface area contributed by atoms with Crippen molar-refractivity contribution in [1.82, 2.24) is 0 Å². The van der Waals surface area contributed by atoms with Gasteiger partial charge in [0.1, 0.15) is 20.4 Å². The molecule has 0 saturated carbocycles. The van der Waals surface area contributed by atoms with E-state index in [1.807, 2.05) is 30.3 Å². The van der Waals surface area contributed by atoms with Gasteiger partial charge in [-0.25, -0.2) is 0 Å². The Morgan fingerprint density at radius 3 is 2.47 bits per heavy atom. The van der Waals surface area contributed by atoms with Gasteiger partial charge in [0.05, 0.1) is 15.9 Å². The Hall–Kier alpha value is -1.88. The Bertz CT molecular complexity index is 1060. The number of fused-ring (bicyclic) bond motifs is 1. The van der Waals surface area contributed by atoms with Crippen LogP contribution in [0.1, 0.15) is 27.9 Å². The highest BCUT2D eigenvalue weighted by atomic mass is 79.9. The molecule has 0 saturated heterocycles. The Kier molecular flexibility index (Phi) is 6.61. The van der Waals surface area contributed by atoms with Crippen molar-refractivity contribution in [3.05, 3.63) is 62.0 Å². The van der Waals surface area contributed by atoms with Crippen LogP contribution in [0.15, 0.2) is 45.3 Å². The van der Waals surface area contributed by atoms with Crippen molar-refractivity contribution in [1.29, 1.82) is 0 Å². The smallest absolute Gasteiger partial charge is 0.176 e. The van der Waals surface area contributed by atoms with Gasteiger partial charge in [-0.15, -0.1) is 11.5 Å². The molecule has 7 heteroatoms. The van der Waals surface area contributed by atoms with E-state index >= 15 is 0 Å². The number of hydrogen-bond acceptors (Lipinski definition) is 4. The quantitative estimate of drug-likeness (QED) is 0.413. The highest BCUT2D eigenvalue weighted by molar-refractivity contribution is 9.13. The van der Waals surface area contributed by atoms with Gasteiger partial charge >= 0.3 is 0 Å². The third-order valence-electron chi connectivity index (χ3n) is 4.93. The minimum atomic E-state index is -1.59. The maximum atomic E-state index is 13.8. The Labute approximate surface area is 194 Å². The van der Waals surface area contributed by atoms with Crippen LogP contribution in [-0.4, -0.2) is 26.4 Å². The molecule has 0 N–H and O–H groups in total. The summed E-state index contributed by atoms with van der Waals surface area (Å²) in [6.45, 7) is 5.96. The summed E-state index contributed by atoms with van der Waals surface area (Å²) in [5.41, 5.74) is 4.91. The van der Waals surface area contributed by atoms with Crippen LogP contribution in [0.3, 0.4) is 0 Å². The number of carbonyl (C=O) groups is 2. The summed E-state index contributed by atoms with van der Waals surface area (Å²) in [6, 6.07) is 11.5. The van der Waals surface area contributed by atoms with Crippen molar-refractivity contribution in [3.8, 4) is 17.2 Å². The third kappa shape index (κ3) is 4.56. The lowest BCUT2D eigenvalue weighted by Crippen LogP contribution is -2.33. The normalized spacial score (nSPS) is 17.8. The number of halogens is 2. The molecule has 0 aliphatic heterocycles. The number of Topliss-reactive ketones (excluding diaryl/α,β-unsaturated/α-hetero) is 1. The van der Waals surface area contributed by atoms with Crippen molar-refractivity contribution in [2.45, 2.75) is 37.9 Å². The van der Waals surface area contributed by atoms with Crippen molar-refractivity contribution < 1.29 is 19.4 Å². The largest absolute Gasteiger partial charge is 0.546 e. The topological polar surface area (TPSA) is 66.4 Å². The van der Waals surface area contributed by atoms with E-state index in [0.29, 0.717) is 33.1 Å². The molecular weight excluding hydrogens is 528 g/mol. The van der Waals surface area contributed by atoms with Crippen molar-refractivity contribution in [2.75, 3.05) is 6.61 Å². The molecule has 4 nitrogen and oxygen atoms in total. The van der Waals surface area contributed by atoms with Gasteiger partial charge < -0.3 is 14.6 Å². The number of carboxylic acid groups (broad SMARTS) is 1. The van der Waals surface area contributed by atoms with E-state index in [0.717, 1.165) is 11.1 Å². The summed E-state index contributed by atoms with van der Waals surface area (Å²) in [5, 5.41) is 10.8. The van der Waals surface area contributed by atoms with E-state index in [1.165, 1.54) is 0 Å². The molecule has 1 aliphatic carbocycles. The first-order valence-electron chi connectivity index (χ1n) is 9.49. The average Bonchev–Trinajstić information content (AvgIpc) is 2.96. The zero-order chi connectivity index (χ0) is 22.1. The van der Waals surface area contributed by atoms with Gasteiger partial charge in [0.2, 0.25) is 0 Å². The van der Waals surface area contributed by atoms with Crippen LogP contribution in [0.2, 0.25) is 19.6 Å². The molecule has 156 valence electrons. The molecule has 0 heterocycles. The zero-order valence-electron chi connectivity index (χ0n) is 17.0. The van der Waals surface area contributed by atoms with Crippen LogP contribution < -0.4 is 9.84 Å². The monoisotopic (exact) mass is 547 g/mol. The number of benzene rings is 2. The van der Waals surface area contributed by atoms with E-state index in [9.17, 15) is 14.7 Å². The number of carbonyl (C=O) groups excluding carboxylic acids is 2. The van der Waals surface area contributed by atoms with E-state index in [-0.39, 0.29) is 5.78 Å². The van der Waals surface area contributed by atoms with Crippen LogP contribution in [0, 0.1) is 11.5 Å². The first-order valence-corrected chi connectivity index (χ1v) is 14.6. The Morgan fingerprint density at radius 2 is 1.87 bits per heavy atom. The first-order chi connectivity index (χ1) is 14.0. The average molecular weight is 549 g/mol. The van der Waals surface area contributed by atoms with E-state index in [4.69, 9.17) is 4.74 Å². The fraction of sp³-hybridized carbons (Fsp3) is 0.304. The molecule has 1 aliphatic rings. The molecule has 3 rings (SSSR count). The molecule has 0 radical (unpaired) electrons. The van der Waals surface area contributed by atoms with Crippen LogP contribution in [0.25, 0.3) is 0 Å². The molecule has 1 unspecified atom stereocenters. The fourth-order valence-electron chi connectivity index (χ4n) is 3.62. The molecule has 30 heavy (non-hydrogen) atoms. The molecule has 0 spiro atoms. The molecule has 2 aromatic carbocycles. The summed E-state index contributed by atoms with van der Waals surface area (Å²) in [4.78, 5) is 24.6. The predicted molar refractivity (Wildman–Crippen MR) is 124 cm³/mol. The molecule has 0 aromatic heterocycles. The second-order valence-electron chi connectivity index (χ2n) is 8.38. The summed E-state index contributed by atoms with van der Waals surface area (Å²) in [7, 11) is -1.59. The van der Waals surface area contributed by atoms with Crippen LogP contribution in [-0.2, 0) is 16.6 Å². The first kappa shape index (κ1) is 22.8. The van der Waals surface area contributed by atoms with Gasteiger partial charge in [-0.1, -0.05) is 50.0 Å². The van der Waals surface area contributed by atoms with Crippen LogP contribution in [0.4, 0.5) is 0 Å². The number of aliphatic carboxylic acids is 1. The number of ketones is 1. The highest BCUT2D eigenvalue weighted by Gasteiger charge is 2.48. The summed E-state index contributed by atoms with van der Waals surface area (Å²) >= 11 is 6.94. The lowest BCUT2D eigenvalue weighted by molar-refractivity contribution is -0.307. The second kappa shape index (κ2) is 8.70. The molecular formula is C23H21Br2O4Si-. The maximum absolute atomic E-state index is 13.8. The summed E-state index contributed by atoms with van der Waals surface area (Å²) < 4.78 is 6.44. The number of rotatable bonds is 5. The van der Waals surface area contributed by atoms with Gasteiger partial charge in [0, 0.05) is 16.5 Å². The van der Waals surface area contributed by atoms with Gasteiger partial charge in [0.25, 0.3) is 0 Å². The number of ether oxygens (including phenoxy) is 1. The summed E-state index contributed by atoms with van der Waals surface area (Å²) in [5.74, 6) is 2.36. The van der Waals surface area contributed by atoms with Crippen molar-refractivity contribution in [3.63, 3.8) is 0 Å². The fourth-order valence-corrected chi connectivity index (χ4v) is 5.30. The lowest BCUT2D eigenvalue weighted by atomic mass is 9.74. The minimum Gasteiger partial charge on any atom is -0.546 e. The Morgan fingerprint density at radius 1 is 1.20 bits per heavy atom. The highest BCUT2D eigenvalue weighted by Crippen LogP contribution is 2.48. The maximum Gasteiger partial charge on any atom is 0.176 e. The van der Waals surface area contributed by atoms with Crippen LogP contribution in [0.5, 0.6) is 5.75 Å². The van der Waals surface area contributed by atoms with E-state index in [1.54, 1.807) is 6.07 Å². The molecule has 0 fully saturated rings.